The molecule has 17 heavy (non-hydrogen) atoms. The molecular weight excluding hydrogens is 252 g/mol. The van der Waals surface area contributed by atoms with E-state index in [0.717, 1.165) is 27.7 Å². The van der Waals surface area contributed by atoms with E-state index in [2.05, 4.69) is 29.4 Å². The maximum absolute atomic E-state index is 6.17. The predicted octanol–water partition coefficient (Wildman–Crippen LogP) is 3.80. The molecule has 2 nitrogen and oxygen atoms in total. The first-order chi connectivity index (χ1) is 8.22. The molecule has 1 N–H and O–H groups in total. The van der Waals surface area contributed by atoms with Crippen molar-refractivity contribution in [2.45, 2.75) is 19.9 Å². The highest BCUT2D eigenvalue weighted by molar-refractivity contribution is 7.09. The van der Waals surface area contributed by atoms with Gasteiger partial charge in [-0.1, -0.05) is 30.7 Å². The van der Waals surface area contributed by atoms with E-state index in [0.29, 0.717) is 0 Å². The second-order valence-electron chi connectivity index (χ2n) is 3.87. The standard InChI is InChI=1S/C13H15ClN2S/c1-3-15-12(13-16-6-7-17-13)10-5-4-9(2)11(14)8-10/h4-8,12,15H,3H2,1-2H3. The Hall–Kier alpha value is -0.900. The Morgan fingerprint density at radius 1 is 1.47 bits per heavy atom. The molecule has 0 aliphatic rings. The molecule has 0 amide bonds. The van der Waals surface area contributed by atoms with Gasteiger partial charge >= 0.3 is 0 Å². The van der Waals surface area contributed by atoms with Gasteiger partial charge in [-0.05, 0) is 30.7 Å². The molecule has 2 rings (SSSR count). The molecule has 0 radical (unpaired) electrons. The highest BCUT2D eigenvalue weighted by atomic mass is 35.5. The summed E-state index contributed by atoms with van der Waals surface area (Å²) in [5.41, 5.74) is 2.27. The quantitative estimate of drug-likeness (QED) is 0.910. The van der Waals surface area contributed by atoms with Crippen LogP contribution in [0, 0.1) is 6.92 Å². The predicted molar refractivity (Wildman–Crippen MR) is 73.8 cm³/mol. The van der Waals surface area contributed by atoms with Gasteiger partial charge in [-0.25, -0.2) is 4.98 Å². The van der Waals surface area contributed by atoms with Crippen molar-refractivity contribution in [1.29, 1.82) is 0 Å². The van der Waals surface area contributed by atoms with Crippen LogP contribution in [0.2, 0.25) is 5.02 Å². The molecule has 1 unspecified atom stereocenters. The van der Waals surface area contributed by atoms with Crippen molar-refractivity contribution in [3.8, 4) is 0 Å². The zero-order valence-corrected chi connectivity index (χ0v) is 11.5. The summed E-state index contributed by atoms with van der Waals surface area (Å²) in [5.74, 6) is 0. The Labute approximate surface area is 111 Å². The number of benzene rings is 1. The van der Waals surface area contributed by atoms with Gasteiger partial charge in [0.25, 0.3) is 0 Å². The Morgan fingerprint density at radius 3 is 2.88 bits per heavy atom. The van der Waals surface area contributed by atoms with Crippen LogP contribution < -0.4 is 5.32 Å². The Balaban J connectivity index is 2.35. The van der Waals surface area contributed by atoms with Gasteiger partial charge in [0.2, 0.25) is 0 Å². The molecule has 2 aromatic rings. The molecule has 4 heteroatoms. The monoisotopic (exact) mass is 266 g/mol. The fraction of sp³-hybridized carbons (Fsp3) is 0.308. The molecule has 1 aromatic carbocycles. The molecule has 0 fully saturated rings. The third-order valence-corrected chi connectivity index (χ3v) is 3.88. The van der Waals surface area contributed by atoms with E-state index in [1.807, 2.05) is 24.6 Å². The van der Waals surface area contributed by atoms with E-state index < -0.39 is 0 Å². The number of halogens is 1. The first-order valence-electron chi connectivity index (χ1n) is 5.61. The molecule has 0 bridgehead atoms. The average Bonchev–Trinajstić information content (AvgIpc) is 2.83. The summed E-state index contributed by atoms with van der Waals surface area (Å²) in [6, 6.07) is 6.31. The van der Waals surface area contributed by atoms with E-state index in [1.54, 1.807) is 11.3 Å². The molecule has 0 saturated heterocycles. The van der Waals surface area contributed by atoms with Crippen LogP contribution in [-0.4, -0.2) is 11.5 Å². The van der Waals surface area contributed by atoms with Crippen LogP contribution in [0.5, 0.6) is 0 Å². The lowest BCUT2D eigenvalue weighted by molar-refractivity contribution is 0.627. The van der Waals surface area contributed by atoms with Gasteiger partial charge < -0.3 is 5.32 Å². The molecule has 1 heterocycles. The van der Waals surface area contributed by atoms with Crippen LogP contribution in [0.1, 0.15) is 29.1 Å². The zero-order chi connectivity index (χ0) is 12.3. The topological polar surface area (TPSA) is 24.9 Å². The second kappa shape index (κ2) is 5.63. The normalized spacial score (nSPS) is 12.6. The number of hydrogen-bond donors (Lipinski definition) is 1. The number of aromatic nitrogens is 1. The van der Waals surface area contributed by atoms with Gasteiger partial charge in [-0.15, -0.1) is 11.3 Å². The molecular formula is C13H15ClN2S. The summed E-state index contributed by atoms with van der Waals surface area (Å²) in [4.78, 5) is 4.38. The lowest BCUT2D eigenvalue weighted by Gasteiger charge is -2.16. The molecule has 1 aromatic heterocycles. The summed E-state index contributed by atoms with van der Waals surface area (Å²) < 4.78 is 0. The smallest absolute Gasteiger partial charge is 0.114 e. The third-order valence-electron chi connectivity index (χ3n) is 2.64. The van der Waals surface area contributed by atoms with Crippen molar-refractivity contribution in [3.05, 3.63) is 50.9 Å². The van der Waals surface area contributed by atoms with Crippen LogP contribution in [0.15, 0.2) is 29.8 Å². The minimum atomic E-state index is 0.137. The minimum Gasteiger partial charge on any atom is -0.305 e. The summed E-state index contributed by atoms with van der Waals surface area (Å²) in [6.07, 6.45) is 1.83. The third kappa shape index (κ3) is 2.86. The molecule has 1 atom stereocenters. The fourth-order valence-electron chi connectivity index (χ4n) is 1.72. The van der Waals surface area contributed by atoms with Crippen molar-refractivity contribution in [2.75, 3.05) is 6.54 Å². The maximum Gasteiger partial charge on any atom is 0.114 e. The summed E-state index contributed by atoms with van der Waals surface area (Å²) in [7, 11) is 0. The van der Waals surface area contributed by atoms with Gasteiger partial charge in [0, 0.05) is 16.6 Å². The van der Waals surface area contributed by atoms with Gasteiger partial charge in [0.05, 0.1) is 6.04 Å². The number of nitrogens with one attached hydrogen (secondary N) is 1. The maximum atomic E-state index is 6.17. The summed E-state index contributed by atoms with van der Waals surface area (Å²) >= 11 is 7.83. The Kier molecular flexibility index (Phi) is 4.15. The Morgan fingerprint density at radius 2 is 2.29 bits per heavy atom. The summed E-state index contributed by atoms with van der Waals surface area (Å²) in [5, 5.41) is 7.32. The number of thiazole rings is 1. The van der Waals surface area contributed by atoms with E-state index in [1.165, 1.54) is 0 Å². The van der Waals surface area contributed by atoms with E-state index >= 15 is 0 Å². The van der Waals surface area contributed by atoms with Gasteiger partial charge in [0.15, 0.2) is 0 Å². The number of nitrogens with zero attached hydrogens (tertiary/aromatic N) is 1. The van der Waals surface area contributed by atoms with E-state index in [-0.39, 0.29) is 6.04 Å². The number of hydrogen-bond acceptors (Lipinski definition) is 3. The molecule has 90 valence electrons. The van der Waals surface area contributed by atoms with E-state index in [4.69, 9.17) is 11.6 Å². The summed E-state index contributed by atoms with van der Waals surface area (Å²) in [6.45, 7) is 5.00. The lowest BCUT2D eigenvalue weighted by Crippen LogP contribution is -2.21. The van der Waals surface area contributed by atoms with Crippen LogP contribution in [0.25, 0.3) is 0 Å². The second-order valence-corrected chi connectivity index (χ2v) is 5.20. The molecule has 0 aliphatic carbocycles. The van der Waals surface area contributed by atoms with Crippen LogP contribution in [0.4, 0.5) is 0 Å². The van der Waals surface area contributed by atoms with Crippen molar-refractivity contribution in [1.82, 2.24) is 10.3 Å². The zero-order valence-electron chi connectivity index (χ0n) is 9.90. The van der Waals surface area contributed by atoms with Crippen molar-refractivity contribution in [3.63, 3.8) is 0 Å². The van der Waals surface area contributed by atoms with Crippen LogP contribution in [0.3, 0.4) is 0 Å². The first-order valence-corrected chi connectivity index (χ1v) is 6.87. The minimum absolute atomic E-state index is 0.137. The van der Waals surface area contributed by atoms with E-state index in [9.17, 15) is 0 Å². The molecule has 0 aliphatic heterocycles. The van der Waals surface area contributed by atoms with Gasteiger partial charge in [-0.3, -0.25) is 0 Å². The molecule has 0 spiro atoms. The molecule has 0 saturated carbocycles. The number of aryl methyl sites for hydroxylation is 1. The van der Waals surface area contributed by atoms with Crippen molar-refractivity contribution >= 4 is 22.9 Å². The highest BCUT2D eigenvalue weighted by Crippen LogP contribution is 2.27. The highest BCUT2D eigenvalue weighted by Gasteiger charge is 2.15. The van der Waals surface area contributed by atoms with Gasteiger partial charge in [0.1, 0.15) is 5.01 Å². The lowest BCUT2D eigenvalue weighted by atomic mass is 10.1. The fourth-order valence-corrected chi connectivity index (χ4v) is 2.64. The number of rotatable bonds is 4. The largest absolute Gasteiger partial charge is 0.305 e. The van der Waals surface area contributed by atoms with Crippen LogP contribution in [-0.2, 0) is 0 Å². The van der Waals surface area contributed by atoms with Gasteiger partial charge in [-0.2, -0.15) is 0 Å². The average molecular weight is 267 g/mol. The SMILES string of the molecule is CCNC(c1ccc(C)c(Cl)c1)c1nccs1. The first kappa shape index (κ1) is 12.6. The van der Waals surface area contributed by atoms with Crippen LogP contribution >= 0.6 is 22.9 Å². The Bertz CT molecular complexity index is 482. The van der Waals surface area contributed by atoms with Crippen molar-refractivity contribution < 1.29 is 0 Å². The van der Waals surface area contributed by atoms with Crippen molar-refractivity contribution in [2.24, 2.45) is 0 Å².